The lowest BCUT2D eigenvalue weighted by Crippen LogP contribution is -2.51. The zero-order valence-electron chi connectivity index (χ0n) is 17.3. The van der Waals surface area contributed by atoms with Crippen LogP contribution in [-0.4, -0.2) is 61.4 Å². The van der Waals surface area contributed by atoms with E-state index in [0.717, 1.165) is 45.9 Å². The van der Waals surface area contributed by atoms with Crippen molar-refractivity contribution in [2.24, 2.45) is 0 Å². The summed E-state index contributed by atoms with van der Waals surface area (Å²) < 4.78 is 5.39. The van der Waals surface area contributed by atoms with Crippen LogP contribution in [0.15, 0.2) is 24.3 Å². The first kappa shape index (κ1) is 20.7. The first-order chi connectivity index (χ1) is 13.2. The standard InChI is InChI=1S/C22H38N4O/c1-19-5-3-6-20(2)26(19)24-18-22-9-7-21(8-10-22)17-23-11-4-12-25-13-15-27-16-14-25/h7-10,19-20,23-24H,3-6,11-18H2,1-2H3. The Bertz CT molecular complexity index is 520. The summed E-state index contributed by atoms with van der Waals surface area (Å²) in [6, 6.07) is 10.3. The molecule has 0 aromatic heterocycles. The van der Waals surface area contributed by atoms with Crippen molar-refractivity contribution in [1.29, 1.82) is 0 Å². The van der Waals surface area contributed by atoms with Crippen LogP contribution in [0.25, 0.3) is 0 Å². The van der Waals surface area contributed by atoms with Gasteiger partial charge in [0, 0.05) is 38.3 Å². The largest absolute Gasteiger partial charge is 0.379 e. The van der Waals surface area contributed by atoms with Gasteiger partial charge in [-0.05, 0) is 57.3 Å². The average Bonchev–Trinajstić information content (AvgIpc) is 2.69. The molecule has 2 unspecified atom stereocenters. The topological polar surface area (TPSA) is 39.8 Å². The molecule has 2 N–H and O–H groups in total. The van der Waals surface area contributed by atoms with Gasteiger partial charge in [0.05, 0.1) is 13.2 Å². The highest BCUT2D eigenvalue weighted by molar-refractivity contribution is 5.22. The third kappa shape index (κ3) is 6.84. The highest BCUT2D eigenvalue weighted by Gasteiger charge is 2.23. The maximum absolute atomic E-state index is 5.39. The van der Waals surface area contributed by atoms with Crippen molar-refractivity contribution in [3.05, 3.63) is 35.4 Å². The Kier molecular flexibility index (Phi) is 8.55. The predicted octanol–water partition coefficient (Wildman–Crippen LogP) is 2.77. The normalized spacial score (nSPS) is 25.0. The molecule has 0 amide bonds. The SMILES string of the molecule is CC1CCCC(C)N1NCc1ccc(CNCCCN2CCOCC2)cc1. The predicted molar refractivity (Wildman–Crippen MR) is 111 cm³/mol. The van der Waals surface area contributed by atoms with Crippen molar-refractivity contribution >= 4 is 0 Å². The number of piperidine rings is 1. The Morgan fingerprint density at radius 1 is 0.963 bits per heavy atom. The summed E-state index contributed by atoms with van der Waals surface area (Å²) in [4.78, 5) is 2.50. The highest BCUT2D eigenvalue weighted by Crippen LogP contribution is 2.20. The molecule has 3 rings (SSSR count). The van der Waals surface area contributed by atoms with Crippen LogP contribution >= 0.6 is 0 Å². The van der Waals surface area contributed by atoms with Crippen LogP contribution in [0.1, 0.15) is 50.7 Å². The van der Waals surface area contributed by atoms with Gasteiger partial charge in [0.25, 0.3) is 0 Å². The highest BCUT2D eigenvalue weighted by atomic mass is 16.5. The second-order valence-electron chi connectivity index (χ2n) is 8.17. The molecule has 2 aliphatic rings. The summed E-state index contributed by atoms with van der Waals surface area (Å²) in [5, 5.41) is 6.03. The molecule has 0 aliphatic carbocycles. The second-order valence-corrected chi connectivity index (χ2v) is 8.17. The van der Waals surface area contributed by atoms with E-state index in [2.05, 4.69) is 58.8 Å². The van der Waals surface area contributed by atoms with Crippen LogP contribution in [0.3, 0.4) is 0 Å². The van der Waals surface area contributed by atoms with E-state index in [-0.39, 0.29) is 0 Å². The van der Waals surface area contributed by atoms with Gasteiger partial charge in [-0.1, -0.05) is 30.7 Å². The molecule has 2 heterocycles. The van der Waals surface area contributed by atoms with Crippen molar-refractivity contribution in [2.45, 2.75) is 64.7 Å². The van der Waals surface area contributed by atoms with Gasteiger partial charge in [-0.2, -0.15) is 0 Å². The number of morpholine rings is 1. The number of hydrogen-bond acceptors (Lipinski definition) is 5. The zero-order chi connectivity index (χ0) is 18.9. The molecule has 27 heavy (non-hydrogen) atoms. The minimum atomic E-state index is 0.634. The lowest BCUT2D eigenvalue weighted by molar-refractivity contribution is 0.0374. The Morgan fingerprint density at radius 2 is 1.59 bits per heavy atom. The van der Waals surface area contributed by atoms with Gasteiger partial charge >= 0.3 is 0 Å². The minimum absolute atomic E-state index is 0.634. The van der Waals surface area contributed by atoms with Crippen molar-refractivity contribution < 1.29 is 4.74 Å². The van der Waals surface area contributed by atoms with E-state index in [0.29, 0.717) is 12.1 Å². The Labute approximate surface area is 165 Å². The van der Waals surface area contributed by atoms with Gasteiger partial charge in [0.1, 0.15) is 0 Å². The molecule has 0 bridgehead atoms. The van der Waals surface area contributed by atoms with Crippen molar-refractivity contribution in [3.8, 4) is 0 Å². The van der Waals surface area contributed by atoms with Crippen LogP contribution in [0.5, 0.6) is 0 Å². The van der Waals surface area contributed by atoms with Crippen LogP contribution in [-0.2, 0) is 17.8 Å². The average molecular weight is 375 g/mol. The summed E-state index contributed by atoms with van der Waals surface area (Å²) >= 11 is 0. The molecule has 5 heteroatoms. The van der Waals surface area contributed by atoms with Crippen molar-refractivity contribution in [1.82, 2.24) is 20.7 Å². The van der Waals surface area contributed by atoms with Gasteiger partial charge < -0.3 is 10.1 Å². The fourth-order valence-electron chi connectivity index (χ4n) is 4.18. The number of nitrogens with one attached hydrogen (secondary N) is 2. The fourth-order valence-corrected chi connectivity index (χ4v) is 4.18. The maximum Gasteiger partial charge on any atom is 0.0594 e. The summed E-state index contributed by atoms with van der Waals surface area (Å²) in [6.07, 6.45) is 5.16. The molecule has 2 aliphatic heterocycles. The molecule has 5 nitrogen and oxygen atoms in total. The Balaban J connectivity index is 1.31. The number of rotatable bonds is 9. The van der Waals surface area contributed by atoms with E-state index in [9.17, 15) is 0 Å². The van der Waals surface area contributed by atoms with Crippen LogP contribution in [0.2, 0.25) is 0 Å². The van der Waals surface area contributed by atoms with Gasteiger partial charge in [0.15, 0.2) is 0 Å². The maximum atomic E-state index is 5.39. The van der Waals surface area contributed by atoms with E-state index in [4.69, 9.17) is 4.74 Å². The molecule has 2 saturated heterocycles. The number of hydrogen-bond donors (Lipinski definition) is 2. The van der Waals surface area contributed by atoms with E-state index in [1.807, 2.05) is 0 Å². The molecule has 152 valence electrons. The lowest BCUT2D eigenvalue weighted by atomic mass is 10.00. The lowest BCUT2D eigenvalue weighted by Gasteiger charge is -2.39. The number of ether oxygens (including phenoxy) is 1. The van der Waals surface area contributed by atoms with Gasteiger partial charge in [-0.3, -0.25) is 10.3 Å². The van der Waals surface area contributed by atoms with Crippen molar-refractivity contribution in [2.75, 3.05) is 39.4 Å². The van der Waals surface area contributed by atoms with Crippen molar-refractivity contribution in [3.63, 3.8) is 0 Å². The van der Waals surface area contributed by atoms with E-state index in [1.54, 1.807) is 0 Å². The number of hydrazine groups is 1. The molecule has 1 aromatic carbocycles. The molecule has 2 fully saturated rings. The smallest absolute Gasteiger partial charge is 0.0594 e. The fraction of sp³-hybridized carbons (Fsp3) is 0.727. The Hall–Kier alpha value is -0.980. The summed E-state index contributed by atoms with van der Waals surface area (Å²) in [7, 11) is 0. The summed E-state index contributed by atoms with van der Waals surface area (Å²) in [5.41, 5.74) is 6.38. The first-order valence-electron chi connectivity index (χ1n) is 10.8. The van der Waals surface area contributed by atoms with E-state index in [1.165, 1.54) is 43.4 Å². The molecule has 1 aromatic rings. The third-order valence-electron chi connectivity index (χ3n) is 5.94. The van der Waals surface area contributed by atoms with Crippen LogP contribution in [0.4, 0.5) is 0 Å². The zero-order valence-corrected chi connectivity index (χ0v) is 17.3. The minimum Gasteiger partial charge on any atom is -0.379 e. The quantitative estimate of drug-likeness (QED) is 0.651. The molecular weight excluding hydrogens is 336 g/mol. The van der Waals surface area contributed by atoms with Gasteiger partial charge in [-0.25, -0.2) is 5.01 Å². The summed E-state index contributed by atoms with van der Waals surface area (Å²) in [5.74, 6) is 0. The molecule has 0 radical (unpaired) electrons. The molecular formula is C22H38N4O. The van der Waals surface area contributed by atoms with Gasteiger partial charge in [-0.15, -0.1) is 0 Å². The molecule has 2 atom stereocenters. The van der Waals surface area contributed by atoms with E-state index < -0.39 is 0 Å². The monoisotopic (exact) mass is 374 g/mol. The second kappa shape index (κ2) is 11.1. The number of benzene rings is 1. The Morgan fingerprint density at radius 3 is 2.26 bits per heavy atom. The van der Waals surface area contributed by atoms with E-state index >= 15 is 0 Å². The number of nitrogens with zero attached hydrogens (tertiary/aromatic N) is 2. The van der Waals surface area contributed by atoms with Crippen LogP contribution < -0.4 is 10.7 Å². The van der Waals surface area contributed by atoms with Crippen LogP contribution in [0, 0.1) is 0 Å². The summed E-state index contributed by atoms with van der Waals surface area (Å²) in [6.45, 7) is 12.7. The first-order valence-corrected chi connectivity index (χ1v) is 10.8. The van der Waals surface area contributed by atoms with Gasteiger partial charge in [0.2, 0.25) is 0 Å². The molecule has 0 saturated carbocycles. The third-order valence-corrected chi connectivity index (χ3v) is 5.94. The molecule has 0 spiro atoms.